The van der Waals surface area contributed by atoms with E-state index in [9.17, 15) is 9.59 Å². The van der Waals surface area contributed by atoms with Gasteiger partial charge in [-0.15, -0.1) is 0 Å². The van der Waals surface area contributed by atoms with Crippen molar-refractivity contribution in [2.45, 2.75) is 39.2 Å². The van der Waals surface area contributed by atoms with E-state index in [0.717, 1.165) is 49.0 Å². The first-order chi connectivity index (χ1) is 15.6. The molecule has 0 aliphatic carbocycles. The number of hydrogen-bond acceptors (Lipinski definition) is 4. The van der Waals surface area contributed by atoms with Crippen molar-refractivity contribution in [2.24, 2.45) is 5.92 Å². The molecule has 2 aromatic carbocycles. The van der Waals surface area contributed by atoms with Gasteiger partial charge in [0, 0.05) is 31.6 Å². The summed E-state index contributed by atoms with van der Waals surface area (Å²) in [6.45, 7) is 4.18. The molecule has 1 aliphatic heterocycles. The number of carbonyl (C=O) groups excluding carboxylic acids is 2. The Morgan fingerprint density at radius 3 is 2.62 bits per heavy atom. The number of hydrogen-bond donors (Lipinski definition) is 1. The first kappa shape index (κ1) is 21.8. The highest BCUT2D eigenvalue weighted by Gasteiger charge is 2.24. The van der Waals surface area contributed by atoms with Crippen LogP contribution in [0.5, 0.6) is 0 Å². The van der Waals surface area contributed by atoms with E-state index in [2.05, 4.69) is 17.2 Å². The number of aryl methyl sites for hydroxylation is 1. The average Bonchev–Trinajstić information content (AvgIpc) is 3.32. The Kier molecular flexibility index (Phi) is 7.00. The summed E-state index contributed by atoms with van der Waals surface area (Å²) in [5, 5.41) is 2.96. The van der Waals surface area contributed by atoms with Crippen molar-refractivity contribution >= 4 is 11.8 Å². The van der Waals surface area contributed by atoms with E-state index in [1.54, 1.807) is 0 Å². The minimum atomic E-state index is -0.0682. The van der Waals surface area contributed by atoms with Crippen molar-refractivity contribution in [3.05, 3.63) is 77.7 Å². The topological polar surface area (TPSA) is 75.4 Å². The van der Waals surface area contributed by atoms with Crippen LogP contribution in [-0.2, 0) is 17.8 Å². The van der Waals surface area contributed by atoms with Crippen LogP contribution in [0.3, 0.4) is 0 Å². The van der Waals surface area contributed by atoms with E-state index < -0.39 is 0 Å². The Bertz CT molecular complexity index is 1040. The number of carbonyl (C=O) groups is 2. The summed E-state index contributed by atoms with van der Waals surface area (Å²) in [7, 11) is 0. The SMILES string of the molecule is CC1CCCN(C(=O)c2coc(-c3ccc(CNC(=O)CCc4ccccc4)cc3)n2)C1. The summed E-state index contributed by atoms with van der Waals surface area (Å²) in [5.74, 6) is 0.907. The Morgan fingerprint density at radius 1 is 1.09 bits per heavy atom. The first-order valence-electron chi connectivity index (χ1n) is 11.2. The molecule has 166 valence electrons. The molecular weight excluding hydrogens is 402 g/mol. The number of likely N-dealkylation sites (tertiary alicyclic amines) is 1. The smallest absolute Gasteiger partial charge is 0.275 e. The van der Waals surface area contributed by atoms with Gasteiger partial charge in [-0.1, -0.05) is 49.4 Å². The number of piperidine rings is 1. The summed E-state index contributed by atoms with van der Waals surface area (Å²) in [5.41, 5.74) is 3.30. The highest BCUT2D eigenvalue weighted by atomic mass is 16.3. The fourth-order valence-electron chi connectivity index (χ4n) is 4.00. The number of amides is 2. The first-order valence-corrected chi connectivity index (χ1v) is 11.2. The molecule has 1 aliphatic rings. The van der Waals surface area contributed by atoms with Gasteiger partial charge in [0.15, 0.2) is 5.69 Å². The maximum Gasteiger partial charge on any atom is 0.275 e. The maximum atomic E-state index is 12.7. The third-order valence-electron chi connectivity index (χ3n) is 5.84. The van der Waals surface area contributed by atoms with Crippen LogP contribution in [0.2, 0.25) is 0 Å². The molecule has 0 bridgehead atoms. The van der Waals surface area contributed by atoms with Gasteiger partial charge in [-0.3, -0.25) is 9.59 Å². The monoisotopic (exact) mass is 431 g/mol. The van der Waals surface area contributed by atoms with E-state index in [1.807, 2.05) is 59.5 Å². The van der Waals surface area contributed by atoms with Gasteiger partial charge in [0.1, 0.15) is 6.26 Å². The Labute approximate surface area is 188 Å². The predicted octanol–water partition coefficient (Wildman–Crippen LogP) is 4.46. The molecule has 2 amide bonds. The lowest BCUT2D eigenvalue weighted by molar-refractivity contribution is -0.121. The Morgan fingerprint density at radius 2 is 1.88 bits per heavy atom. The van der Waals surface area contributed by atoms with Gasteiger partial charge in [0.25, 0.3) is 5.91 Å². The number of aromatic nitrogens is 1. The molecule has 32 heavy (non-hydrogen) atoms. The van der Waals surface area contributed by atoms with Crippen molar-refractivity contribution in [2.75, 3.05) is 13.1 Å². The van der Waals surface area contributed by atoms with E-state index in [-0.39, 0.29) is 11.8 Å². The molecule has 0 spiro atoms. The second-order valence-corrected chi connectivity index (χ2v) is 8.50. The van der Waals surface area contributed by atoms with Crippen LogP contribution in [0, 0.1) is 5.92 Å². The summed E-state index contributed by atoms with van der Waals surface area (Å²) in [6, 6.07) is 17.7. The van der Waals surface area contributed by atoms with Crippen molar-refractivity contribution in [1.29, 1.82) is 0 Å². The Balaban J connectivity index is 1.29. The molecular formula is C26H29N3O3. The van der Waals surface area contributed by atoms with Crippen molar-refractivity contribution in [1.82, 2.24) is 15.2 Å². The molecule has 1 N–H and O–H groups in total. The molecule has 1 fully saturated rings. The highest BCUT2D eigenvalue weighted by molar-refractivity contribution is 5.92. The van der Waals surface area contributed by atoms with E-state index in [1.165, 1.54) is 6.26 Å². The van der Waals surface area contributed by atoms with Crippen LogP contribution in [0.25, 0.3) is 11.5 Å². The minimum absolute atomic E-state index is 0.0285. The zero-order valence-electron chi connectivity index (χ0n) is 18.4. The second-order valence-electron chi connectivity index (χ2n) is 8.50. The number of nitrogens with zero attached hydrogens (tertiary/aromatic N) is 2. The van der Waals surface area contributed by atoms with Gasteiger partial charge in [-0.25, -0.2) is 4.98 Å². The molecule has 6 heteroatoms. The zero-order valence-corrected chi connectivity index (χ0v) is 18.4. The van der Waals surface area contributed by atoms with Crippen molar-refractivity contribution < 1.29 is 14.0 Å². The zero-order chi connectivity index (χ0) is 22.3. The van der Waals surface area contributed by atoms with Crippen LogP contribution in [0.15, 0.2) is 65.3 Å². The largest absolute Gasteiger partial charge is 0.444 e. The molecule has 1 atom stereocenters. The van der Waals surface area contributed by atoms with Crippen LogP contribution in [-0.4, -0.2) is 34.8 Å². The fourth-order valence-corrected chi connectivity index (χ4v) is 4.00. The summed E-state index contributed by atoms with van der Waals surface area (Å²) in [6.07, 6.45) is 4.82. The number of oxazole rings is 1. The normalized spacial score (nSPS) is 16.0. The Hall–Kier alpha value is -3.41. The van der Waals surface area contributed by atoms with Crippen molar-refractivity contribution in [3.8, 4) is 11.5 Å². The molecule has 4 rings (SSSR count). The molecule has 3 aromatic rings. The molecule has 1 unspecified atom stereocenters. The van der Waals surface area contributed by atoms with Crippen LogP contribution in [0.1, 0.15) is 47.8 Å². The van der Waals surface area contributed by atoms with Crippen LogP contribution < -0.4 is 5.32 Å². The van der Waals surface area contributed by atoms with Crippen LogP contribution >= 0.6 is 0 Å². The van der Waals surface area contributed by atoms with Gasteiger partial charge in [0.2, 0.25) is 11.8 Å². The lowest BCUT2D eigenvalue weighted by atomic mass is 10.0. The lowest BCUT2D eigenvalue weighted by Gasteiger charge is -2.30. The molecule has 0 radical (unpaired) electrons. The molecule has 6 nitrogen and oxygen atoms in total. The highest BCUT2D eigenvalue weighted by Crippen LogP contribution is 2.22. The van der Waals surface area contributed by atoms with E-state index in [0.29, 0.717) is 30.5 Å². The van der Waals surface area contributed by atoms with Crippen molar-refractivity contribution in [3.63, 3.8) is 0 Å². The molecule has 1 saturated heterocycles. The molecule has 2 heterocycles. The minimum Gasteiger partial charge on any atom is -0.444 e. The van der Waals surface area contributed by atoms with Gasteiger partial charge in [-0.2, -0.15) is 0 Å². The van der Waals surface area contributed by atoms with E-state index in [4.69, 9.17) is 4.42 Å². The maximum absolute atomic E-state index is 12.7. The molecule has 1 aromatic heterocycles. The van der Waals surface area contributed by atoms with Gasteiger partial charge in [0.05, 0.1) is 0 Å². The fraction of sp³-hybridized carbons (Fsp3) is 0.346. The van der Waals surface area contributed by atoms with Gasteiger partial charge >= 0.3 is 0 Å². The van der Waals surface area contributed by atoms with E-state index >= 15 is 0 Å². The van der Waals surface area contributed by atoms with Gasteiger partial charge < -0.3 is 14.6 Å². The lowest BCUT2D eigenvalue weighted by Crippen LogP contribution is -2.39. The van der Waals surface area contributed by atoms with Gasteiger partial charge in [-0.05, 0) is 48.4 Å². The molecule has 0 saturated carbocycles. The quantitative estimate of drug-likeness (QED) is 0.599. The number of nitrogens with one attached hydrogen (secondary N) is 1. The number of rotatable bonds is 7. The summed E-state index contributed by atoms with van der Waals surface area (Å²) < 4.78 is 5.57. The standard InChI is InChI=1S/C26H29N3O3/c1-19-6-5-15-29(17-19)26(31)23-18-32-25(28-23)22-12-9-21(10-13-22)16-27-24(30)14-11-20-7-3-2-4-8-20/h2-4,7-10,12-13,18-19H,5-6,11,14-17H2,1H3,(H,27,30). The average molecular weight is 432 g/mol. The summed E-state index contributed by atoms with van der Waals surface area (Å²) in [4.78, 5) is 31.1. The third-order valence-corrected chi connectivity index (χ3v) is 5.84. The third kappa shape index (κ3) is 5.63. The predicted molar refractivity (Wildman–Crippen MR) is 123 cm³/mol. The second kappa shape index (κ2) is 10.3. The van der Waals surface area contributed by atoms with Crippen LogP contribution in [0.4, 0.5) is 0 Å². The summed E-state index contributed by atoms with van der Waals surface area (Å²) >= 11 is 0. The number of benzene rings is 2.